The summed E-state index contributed by atoms with van der Waals surface area (Å²) in [6.07, 6.45) is 4.50. The molecule has 1 aromatic carbocycles. The number of carbonyl (C=O) groups is 3. The van der Waals surface area contributed by atoms with E-state index in [4.69, 9.17) is 4.74 Å². The summed E-state index contributed by atoms with van der Waals surface area (Å²) in [6, 6.07) is 11.4. The Morgan fingerprint density at radius 2 is 1.92 bits per heavy atom. The van der Waals surface area contributed by atoms with E-state index in [2.05, 4.69) is 11.4 Å². The number of benzene rings is 1. The Labute approximate surface area is 229 Å². The van der Waals surface area contributed by atoms with Crippen LogP contribution >= 0.6 is 0 Å². The van der Waals surface area contributed by atoms with Crippen LogP contribution in [0.3, 0.4) is 0 Å². The molecule has 1 aliphatic heterocycles. The molecule has 2 aliphatic carbocycles. The summed E-state index contributed by atoms with van der Waals surface area (Å²) in [7, 11) is 0. The number of hydrogen-bond acceptors (Lipinski definition) is 7. The molecule has 1 saturated heterocycles. The molecule has 0 radical (unpaired) electrons. The first-order valence-corrected chi connectivity index (χ1v) is 13.3. The molecular weight excluding hydrogens is 496 g/mol. The summed E-state index contributed by atoms with van der Waals surface area (Å²) >= 11 is 0. The molecule has 1 amide bonds. The van der Waals surface area contributed by atoms with Gasteiger partial charge in [0, 0.05) is 30.7 Å². The average molecular weight is 533 g/mol. The van der Waals surface area contributed by atoms with Gasteiger partial charge < -0.3 is 20.3 Å². The average Bonchev–Trinajstić information content (AvgIpc) is 3.17. The van der Waals surface area contributed by atoms with E-state index >= 15 is 0 Å². The van der Waals surface area contributed by atoms with Gasteiger partial charge in [-0.05, 0) is 50.0 Å². The van der Waals surface area contributed by atoms with Crippen molar-refractivity contribution in [3.63, 3.8) is 0 Å². The minimum Gasteiger partial charge on any atom is -0.457 e. The minimum absolute atomic E-state index is 0.0200. The molecule has 206 valence electrons. The molecule has 1 aromatic rings. The number of carbonyl (C=O) groups excluding carboxylic acids is 3. The molecule has 1 fully saturated rings. The zero-order chi connectivity index (χ0) is 28.5. The highest BCUT2D eigenvalue weighted by Crippen LogP contribution is 2.57. The van der Waals surface area contributed by atoms with Gasteiger partial charge in [0.15, 0.2) is 5.78 Å². The largest absolute Gasteiger partial charge is 0.457 e. The first-order chi connectivity index (χ1) is 18.4. The molecule has 39 heavy (non-hydrogen) atoms. The molecule has 3 N–H and O–H groups in total. The lowest BCUT2D eigenvalue weighted by Crippen LogP contribution is -2.58. The van der Waals surface area contributed by atoms with E-state index in [1.54, 1.807) is 19.1 Å². The summed E-state index contributed by atoms with van der Waals surface area (Å²) in [5.41, 5.74) is -1.12. The number of hydrogen-bond donors (Lipinski definition) is 3. The van der Waals surface area contributed by atoms with Gasteiger partial charge in [-0.2, -0.15) is 5.26 Å². The number of allylic oxidation sites excluding steroid dienone is 1. The molecule has 8 nitrogen and oxygen atoms in total. The minimum atomic E-state index is -1.86. The number of rotatable bonds is 4. The normalized spacial score (nSPS) is 38.0. The van der Waals surface area contributed by atoms with E-state index < -0.39 is 64.7 Å². The lowest BCUT2D eigenvalue weighted by molar-refractivity contribution is -0.161. The molecule has 8 unspecified atom stereocenters. The van der Waals surface area contributed by atoms with E-state index in [-0.39, 0.29) is 12.8 Å². The maximum absolute atomic E-state index is 14.3. The topological polar surface area (TPSA) is 137 Å². The smallest absolute Gasteiger partial charge is 0.303 e. The van der Waals surface area contributed by atoms with E-state index in [9.17, 15) is 29.9 Å². The van der Waals surface area contributed by atoms with E-state index in [0.29, 0.717) is 17.6 Å². The molecule has 0 saturated carbocycles. The van der Waals surface area contributed by atoms with Gasteiger partial charge in [0.1, 0.15) is 17.1 Å². The molecule has 1 heterocycles. The Morgan fingerprint density at radius 1 is 1.23 bits per heavy atom. The fourth-order valence-electron chi connectivity index (χ4n) is 6.77. The highest BCUT2D eigenvalue weighted by molar-refractivity contribution is 5.92. The Bertz CT molecular complexity index is 1270. The van der Waals surface area contributed by atoms with Gasteiger partial charge in [-0.3, -0.25) is 14.4 Å². The Hall–Kier alpha value is -3.54. The third-order valence-corrected chi connectivity index (χ3v) is 8.56. The third-order valence-electron chi connectivity index (χ3n) is 8.56. The van der Waals surface area contributed by atoms with Crippen molar-refractivity contribution < 1.29 is 29.3 Å². The molecule has 8 atom stereocenters. The number of ketones is 1. The Balaban J connectivity index is 2.00. The summed E-state index contributed by atoms with van der Waals surface area (Å²) in [4.78, 5) is 39.7. The second-order valence-corrected chi connectivity index (χ2v) is 11.2. The van der Waals surface area contributed by atoms with Crippen LogP contribution in [0.2, 0.25) is 0 Å². The van der Waals surface area contributed by atoms with Gasteiger partial charge in [0.2, 0.25) is 5.91 Å². The predicted octanol–water partition coefficient (Wildman–Crippen LogP) is 2.95. The van der Waals surface area contributed by atoms with Crippen LogP contribution in [0.25, 0.3) is 0 Å². The number of aliphatic hydroxyl groups is 2. The second kappa shape index (κ2) is 10.9. The van der Waals surface area contributed by atoms with Crippen molar-refractivity contribution in [3.05, 3.63) is 71.3 Å². The summed E-state index contributed by atoms with van der Waals surface area (Å²) < 4.78 is 5.81. The van der Waals surface area contributed by atoms with E-state index in [1.165, 1.54) is 26.0 Å². The number of amides is 1. The van der Waals surface area contributed by atoms with Gasteiger partial charge in [-0.1, -0.05) is 55.0 Å². The number of esters is 1. The van der Waals surface area contributed by atoms with Crippen LogP contribution < -0.4 is 5.32 Å². The third kappa shape index (κ3) is 4.97. The first kappa shape index (κ1) is 28.5. The van der Waals surface area contributed by atoms with E-state index in [0.717, 1.165) is 5.56 Å². The SMILES string of the molecule is CC(=O)OC1/C=C\C(C)(O)C(=O)C(C)C/C=C/C2C(O)C(CC#N)=C(C)C3C(Cc4ccccc4)NC(=O)C123. The number of nitrogens with one attached hydrogen (secondary N) is 1. The fraction of sp³-hybridized carbons (Fsp3) is 0.484. The molecule has 0 bridgehead atoms. The van der Waals surface area contributed by atoms with Crippen LogP contribution in [-0.2, 0) is 25.5 Å². The molecule has 8 heteroatoms. The molecule has 4 rings (SSSR count). The van der Waals surface area contributed by atoms with Crippen molar-refractivity contribution in [1.82, 2.24) is 5.32 Å². The lowest BCUT2D eigenvalue weighted by atomic mass is 9.54. The van der Waals surface area contributed by atoms with Crippen molar-refractivity contribution in [2.24, 2.45) is 23.2 Å². The van der Waals surface area contributed by atoms with Crippen molar-refractivity contribution in [1.29, 1.82) is 5.26 Å². The standard InChI is InChI=1S/C31H36N2O6/c1-18-9-8-12-23-27(35)22(14-16-32)19(2)26-24(17-21-10-6-5-7-11-21)33-29(37)31(23,26)25(39-20(3)34)13-15-30(4,38)28(18)36/h5-8,10-13,15,18,23-27,35,38H,9,14,17H2,1-4H3,(H,33,37)/b12-8+,15-13-. The number of nitrogens with zero attached hydrogens (tertiary/aromatic N) is 1. The maximum Gasteiger partial charge on any atom is 0.303 e. The lowest BCUT2D eigenvalue weighted by Gasteiger charge is -2.49. The van der Waals surface area contributed by atoms with Gasteiger partial charge in [-0.15, -0.1) is 0 Å². The zero-order valence-corrected chi connectivity index (χ0v) is 22.8. The molecule has 0 aromatic heterocycles. The second-order valence-electron chi connectivity index (χ2n) is 11.2. The fourth-order valence-corrected chi connectivity index (χ4v) is 6.77. The van der Waals surface area contributed by atoms with Crippen molar-refractivity contribution >= 4 is 17.7 Å². The number of nitriles is 1. The molecule has 1 spiro atoms. The highest BCUT2D eigenvalue weighted by atomic mass is 16.5. The van der Waals surface area contributed by atoms with Crippen molar-refractivity contribution in [2.75, 3.05) is 0 Å². The summed E-state index contributed by atoms with van der Waals surface area (Å²) in [5, 5.41) is 35.5. The quantitative estimate of drug-likeness (QED) is 0.401. The van der Waals surface area contributed by atoms with Crippen LogP contribution in [0, 0.1) is 34.5 Å². The van der Waals surface area contributed by atoms with Crippen LogP contribution in [0.5, 0.6) is 0 Å². The van der Waals surface area contributed by atoms with Crippen LogP contribution in [-0.4, -0.2) is 51.7 Å². The van der Waals surface area contributed by atoms with Crippen molar-refractivity contribution in [2.45, 2.75) is 70.8 Å². The maximum atomic E-state index is 14.3. The van der Waals surface area contributed by atoms with Crippen molar-refractivity contribution in [3.8, 4) is 6.07 Å². The molecular formula is C31H36N2O6. The Morgan fingerprint density at radius 3 is 2.56 bits per heavy atom. The van der Waals surface area contributed by atoms with Crippen LogP contribution in [0.4, 0.5) is 0 Å². The first-order valence-electron chi connectivity index (χ1n) is 13.3. The van der Waals surface area contributed by atoms with Gasteiger partial charge >= 0.3 is 5.97 Å². The number of ether oxygens (including phenoxy) is 1. The number of aliphatic hydroxyl groups excluding tert-OH is 1. The van der Waals surface area contributed by atoms with Gasteiger partial charge in [0.25, 0.3) is 0 Å². The summed E-state index contributed by atoms with van der Waals surface area (Å²) in [5.74, 6) is -3.42. The monoisotopic (exact) mass is 532 g/mol. The Kier molecular flexibility index (Phi) is 7.97. The molecule has 3 aliphatic rings. The zero-order valence-electron chi connectivity index (χ0n) is 22.8. The van der Waals surface area contributed by atoms with E-state index in [1.807, 2.05) is 37.3 Å². The highest BCUT2D eigenvalue weighted by Gasteiger charge is 2.67. The summed E-state index contributed by atoms with van der Waals surface area (Å²) in [6.45, 7) is 6.13. The van der Waals surface area contributed by atoms with Gasteiger partial charge in [0.05, 0.1) is 18.6 Å². The van der Waals surface area contributed by atoms with Crippen LogP contribution in [0.15, 0.2) is 65.8 Å². The predicted molar refractivity (Wildman–Crippen MR) is 144 cm³/mol. The van der Waals surface area contributed by atoms with Gasteiger partial charge in [-0.25, -0.2) is 0 Å². The number of Topliss-reactive ketones (excluding diaryl/α,β-unsaturated/α-hetero) is 1. The van der Waals surface area contributed by atoms with Crippen LogP contribution in [0.1, 0.15) is 46.1 Å².